The summed E-state index contributed by atoms with van der Waals surface area (Å²) in [5.41, 5.74) is 8.56. The van der Waals surface area contributed by atoms with E-state index in [1.807, 2.05) is 0 Å². The van der Waals surface area contributed by atoms with Crippen LogP contribution in [0.5, 0.6) is 0 Å². The van der Waals surface area contributed by atoms with Gasteiger partial charge >= 0.3 is 5.97 Å². The molecule has 0 saturated heterocycles. The van der Waals surface area contributed by atoms with Gasteiger partial charge in [-0.3, -0.25) is 9.59 Å². The molecule has 6 nitrogen and oxygen atoms in total. The smallest absolute Gasteiger partial charge is 0.315 e. The Labute approximate surface area is 118 Å². The number of nitrogens with zero attached hydrogens (tertiary/aromatic N) is 3. The molecule has 20 heavy (non-hydrogen) atoms. The molecule has 0 amide bonds. The third-order valence-corrected chi connectivity index (χ3v) is 4.25. The average molecular weight is 279 g/mol. The van der Waals surface area contributed by atoms with E-state index in [0.29, 0.717) is 0 Å². The average Bonchev–Trinajstić information content (AvgIpc) is 3.10. The largest absolute Gasteiger partial charge is 0.462 e. The first kappa shape index (κ1) is 14.9. The number of Topliss-reactive ketones (excluding diaryl/α,β-unsaturated/α-hetero) is 1. The van der Waals surface area contributed by atoms with E-state index < -0.39 is 12.0 Å². The third-order valence-electron chi connectivity index (χ3n) is 4.25. The molecule has 6 heteroatoms. The van der Waals surface area contributed by atoms with Crippen LogP contribution < -0.4 is 0 Å². The molecule has 0 aliphatic heterocycles. The lowest BCUT2D eigenvalue weighted by molar-refractivity contribution is -0.151. The van der Waals surface area contributed by atoms with E-state index in [4.69, 9.17) is 10.3 Å². The summed E-state index contributed by atoms with van der Waals surface area (Å²) in [7, 11) is 0. The first-order chi connectivity index (χ1) is 9.70. The van der Waals surface area contributed by atoms with Crippen molar-refractivity contribution in [1.82, 2.24) is 0 Å². The quantitative estimate of drug-likeness (QED) is 0.323. The van der Waals surface area contributed by atoms with Gasteiger partial charge in [0, 0.05) is 17.3 Å². The number of ether oxygens (including phenoxy) is 1. The van der Waals surface area contributed by atoms with Crippen LogP contribution in [0.4, 0.5) is 0 Å². The second-order valence-electron chi connectivity index (χ2n) is 5.72. The molecule has 0 bridgehead atoms. The summed E-state index contributed by atoms with van der Waals surface area (Å²) in [6, 6.07) is -0.992. The van der Waals surface area contributed by atoms with E-state index in [-0.39, 0.29) is 24.2 Å². The zero-order valence-corrected chi connectivity index (χ0v) is 11.7. The SMILES string of the molecule is [N-]=[N+]=NC(CC(=O)C1CCCC1)C(=O)OC1CCCC1. The summed E-state index contributed by atoms with van der Waals surface area (Å²) in [4.78, 5) is 26.8. The van der Waals surface area contributed by atoms with Crippen molar-refractivity contribution in [3.8, 4) is 0 Å². The molecule has 1 unspecified atom stereocenters. The minimum atomic E-state index is -0.992. The van der Waals surface area contributed by atoms with Crippen molar-refractivity contribution in [3.63, 3.8) is 0 Å². The Morgan fingerprint density at radius 1 is 1.15 bits per heavy atom. The van der Waals surface area contributed by atoms with Gasteiger partial charge in [0.05, 0.1) is 0 Å². The van der Waals surface area contributed by atoms with Crippen LogP contribution in [0.3, 0.4) is 0 Å². The van der Waals surface area contributed by atoms with Gasteiger partial charge in [-0.15, -0.1) is 0 Å². The predicted molar refractivity (Wildman–Crippen MR) is 72.9 cm³/mol. The normalized spacial score (nSPS) is 21.4. The molecule has 2 saturated carbocycles. The Morgan fingerprint density at radius 2 is 1.75 bits per heavy atom. The predicted octanol–water partition coefficient (Wildman–Crippen LogP) is 3.30. The number of ketones is 1. The van der Waals surface area contributed by atoms with Crippen LogP contribution in [0.25, 0.3) is 10.4 Å². The second kappa shape index (κ2) is 7.29. The maximum absolute atomic E-state index is 12.1. The molecule has 110 valence electrons. The van der Waals surface area contributed by atoms with Gasteiger partial charge in [0.1, 0.15) is 17.9 Å². The minimum absolute atomic E-state index is 0.0136. The maximum atomic E-state index is 12.1. The number of carbonyl (C=O) groups excluding carboxylic acids is 2. The van der Waals surface area contributed by atoms with Crippen LogP contribution in [0.1, 0.15) is 57.8 Å². The van der Waals surface area contributed by atoms with Gasteiger partial charge in [-0.1, -0.05) is 18.0 Å². The van der Waals surface area contributed by atoms with E-state index >= 15 is 0 Å². The zero-order chi connectivity index (χ0) is 14.4. The molecule has 0 spiro atoms. The van der Waals surface area contributed by atoms with Gasteiger partial charge in [-0.05, 0) is 44.1 Å². The Kier molecular flexibility index (Phi) is 5.41. The van der Waals surface area contributed by atoms with Crippen molar-refractivity contribution in [2.75, 3.05) is 0 Å². The van der Waals surface area contributed by atoms with Crippen LogP contribution in [-0.4, -0.2) is 23.9 Å². The van der Waals surface area contributed by atoms with Crippen LogP contribution in [0.2, 0.25) is 0 Å². The molecule has 0 aromatic rings. The van der Waals surface area contributed by atoms with E-state index in [1.54, 1.807) is 0 Å². The third kappa shape index (κ3) is 3.97. The highest BCUT2D eigenvalue weighted by Gasteiger charge is 2.30. The van der Waals surface area contributed by atoms with Crippen molar-refractivity contribution < 1.29 is 14.3 Å². The Hall–Kier alpha value is -1.55. The van der Waals surface area contributed by atoms with E-state index in [9.17, 15) is 9.59 Å². The van der Waals surface area contributed by atoms with Crippen LogP contribution in [-0.2, 0) is 14.3 Å². The summed E-state index contributed by atoms with van der Waals surface area (Å²) >= 11 is 0. The molecule has 2 fully saturated rings. The fraction of sp³-hybridized carbons (Fsp3) is 0.857. The minimum Gasteiger partial charge on any atom is -0.462 e. The molecule has 0 aromatic heterocycles. The summed E-state index contributed by atoms with van der Waals surface area (Å²) in [5.74, 6) is -0.477. The molecular formula is C14H21N3O3. The van der Waals surface area contributed by atoms with Gasteiger partial charge in [0.2, 0.25) is 0 Å². The molecule has 0 N–H and O–H groups in total. The van der Waals surface area contributed by atoms with Crippen molar-refractivity contribution in [3.05, 3.63) is 10.4 Å². The molecular weight excluding hydrogens is 258 g/mol. The Morgan fingerprint density at radius 3 is 2.35 bits per heavy atom. The van der Waals surface area contributed by atoms with Crippen LogP contribution in [0.15, 0.2) is 5.11 Å². The molecule has 0 radical (unpaired) electrons. The molecule has 2 aliphatic rings. The maximum Gasteiger partial charge on any atom is 0.315 e. The number of hydrogen-bond acceptors (Lipinski definition) is 4. The lowest BCUT2D eigenvalue weighted by Gasteiger charge is -2.16. The Balaban J connectivity index is 1.89. The topological polar surface area (TPSA) is 92.1 Å². The summed E-state index contributed by atoms with van der Waals surface area (Å²) in [5, 5.41) is 3.46. The second-order valence-corrected chi connectivity index (χ2v) is 5.72. The first-order valence-electron chi connectivity index (χ1n) is 7.48. The lowest BCUT2D eigenvalue weighted by atomic mass is 9.97. The van der Waals surface area contributed by atoms with Crippen molar-refractivity contribution in [2.24, 2.45) is 11.0 Å². The molecule has 0 heterocycles. The van der Waals surface area contributed by atoms with Gasteiger partial charge < -0.3 is 4.74 Å². The standard InChI is InChI=1S/C14H21N3O3/c15-17-16-12(9-13(18)10-5-1-2-6-10)14(19)20-11-7-3-4-8-11/h10-12H,1-9H2. The van der Waals surface area contributed by atoms with Crippen molar-refractivity contribution in [1.29, 1.82) is 0 Å². The molecule has 2 rings (SSSR count). The molecule has 0 aromatic carbocycles. The number of azide groups is 1. The van der Waals surface area contributed by atoms with E-state index in [1.165, 1.54) is 0 Å². The fourth-order valence-corrected chi connectivity index (χ4v) is 3.09. The number of rotatable bonds is 6. The highest BCUT2D eigenvalue weighted by atomic mass is 16.5. The zero-order valence-electron chi connectivity index (χ0n) is 11.7. The molecule has 1 atom stereocenters. The summed E-state index contributed by atoms with van der Waals surface area (Å²) < 4.78 is 5.33. The van der Waals surface area contributed by atoms with Crippen LogP contribution in [0, 0.1) is 5.92 Å². The number of hydrogen-bond donors (Lipinski definition) is 0. The van der Waals surface area contributed by atoms with E-state index in [0.717, 1.165) is 51.4 Å². The number of esters is 1. The highest BCUT2D eigenvalue weighted by molar-refractivity contribution is 5.88. The van der Waals surface area contributed by atoms with E-state index in [2.05, 4.69) is 10.0 Å². The number of carbonyl (C=O) groups is 2. The Bertz CT molecular complexity index is 406. The summed E-state index contributed by atoms with van der Waals surface area (Å²) in [6.07, 6.45) is 7.68. The van der Waals surface area contributed by atoms with Crippen molar-refractivity contribution >= 4 is 11.8 Å². The summed E-state index contributed by atoms with van der Waals surface area (Å²) in [6.45, 7) is 0. The van der Waals surface area contributed by atoms with Gasteiger partial charge in [-0.25, -0.2) is 0 Å². The monoisotopic (exact) mass is 279 g/mol. The van der Waals surface area contributed by atoms with Gasteiger partial charge in [0.25, 0.3) is 0 Å². The first-order valence-corrected chi connectivity index (χ1v) is 7.48. The molecule has 2 aliphatic carbocycles. The van der Waals surface area contributed by atoms with Crippen LogP contribution >= 0.6 is 0 Å². The highest BCUT2D eigenvalue weighted by Crippen LogP contribution is 2.28. The fourth-order valence-electron chi connectivity index (χ4n) is 3.09. The van der Waals surface area contributed by atoms with Gasteiger partial charge in [0.15, 0.2) is 0 Å². The lowest BCUT2D eigenvalue weighted by Crippen LogP contribution is -2.29. The van der Waals surface area contributed by atoms with Gasteiger partial charge in [-0.2, -0.15) is 0 Å². The van der Waals surface area contributed by atoms with Crippen molar-refractivity contribution in [2.45, 2.75) is 69.9 Å².